The number of hydrogen-bond donors (Lipinski definition) is 1. The Labute approximate surface area is 158 Å². The van der Waals surface area contributed by atoms with Crippen molar-refractivity contribution in [2.24, 2.45) is 7.05 Å². The summed E-state index contributed by atoms with van der Waals surface area (Å²) in [5, 5.41) is 4.38. The van der Waals surface area contributed by atoms with Crippen LogP contribution in [0.5, 0.6) is 0 Å². The number of thioether (sulfide) groups is 1. The first kappa shape index (κ1) is 17.2. The molecule has 1 amide bonds. The topological polar surface area (TPSA) is 90.3 Å². The van der Waals surface area contributed by atoms with Gasteiger partial charge in [0, 0.05) is 36.6 Å². The summed E-state index contributed by atoms with van der Waals surface area (Å²) in [6.07, 6.45) is 3.61. The molecule has 3 aromatic heterocycles. The molecule has 0 fully saturated rings. The van der Waals surface area contributed by atoms with E-state index in [0.29, 0.717) is 22.8 Å². The Morgan fingerprint density at radius 3 is 2.89 bits per heavy atom. The van der Waals surface area contributed by atoms with Crippen LogP contribution in [-0.4, -0.2) is 15.5 Å². The van der Waals surface area contributed by atoms with Crippen molar-refractivity contribution in [1.29, 1.82) is 0 Å². The van der Waals surface area contributed by atoms with E-state index in [0.717, 1.165) is 10.5 Å². The normalized spacial score (nSPS) is 11.0. The Morgan fingerprint density at radius 1 is 1.19 bits per heavy atom. The molecule has 0 spiro atoms. The fourth-order valence-electron chi connectivity index (χ4n) is 2.55. The molecule has 3 heterocycles. The molecule has 0 aliphatic carbocycles. The quantitative estimate of drug-likeness (QED) is 0.419. The number of hydrogen-bond acceptors (Lipinski definition) is 6. The fourth-order valence-corrected chi connectivity index (χ4v) is 3.37. The molecule has 1 aromatic carbocycles. The van der Waals surface area contributed by atoms with Gasteiger partial charge in [0.15, 0.2) is 10.9 Å². The van der Waals surface area contributed by atoms with Gasteiger partial charge >= 0.3 is 5.63 Å². The standard InChI is InChI=1S/C19H15N3O4S/c1-22-9-8-20-19(22)27-11-14-4-6-16(25-14)18(24)21-13-3-5-15-12(10-13)2-7-17(23)26-15/h2-10H,11H2,1H3,(H,21,24). The van der Waals surface area contributed by atoms with Gasteiger partial charge in [-0.15, -0.1) is 0 Å². The molecule has 0 saturated heterocycles. The summed E-state index contributed by atoms with van der Waals surface area (Å²) >= 11 is 1.53. The molecule has 1 N–H and O–H groups in total. The van der Waals surface area contributed by atoms with Crippen LogP contribution in [0, 0.1) is 0 Å². The second-order valence-electron chi connectivity index (χ2n) is 5.84. The first-order valence-electron chi connectivity index (χ1n) is 8.12. The molecule has 0 bridgehead atoms. The van der Waals surface area contributed by atoms with Gasteiger partial charge < -0.3 is 18.7 Å². The number of aryl methyl sites for hydroxylation is 1. The van der Waals surface area contributed by atoms with Gasteiger partial charge in [0.05, 0.1) is 5.75 Å². The Balaban J connectivity index is 1.44. The highest BCUT2D eigenvalue weighted by Gasteiger charge is 2.13. The Kier molecular flexibility index (Phi) is 4.55. The van der Waals surface area contributed by atoms with Crippen LogP contribution in [0.15, 0.2) is 73.6 Å². The average molecular weight is 381 g/mol. The SMILES string of the molecule is Cn1ccnc1SCc1ccc(C(=O)Nc2ccc3oc(=O)ccc3c2)o1. The summed E-state index contributed by atoms with van der Waals surface area (Å²) in [5.41, 5.74) is 0.639. The van der Waals surface area contributed by atoms with E-state index in [9.17, 15) is 9.59 Å². The zero-order valence-corrected chi connectivity index (χ0v) is 15.2. The monoisotopic (exact) mass is 381 g/mol. The van der Waals surface area contributed by atoms with Gasteiger partial charge in [-0.05, 0) is 36.4 Å². The van der Waals surface area contributed by atoms with Crippen molar-refractivity contribution < 1.29 is 13.6 Å². The molecule has 4 rings (SSSR count). The van der Waals surface area contributed by atoms with Crippen molar-refractivity contribution in [1.82, 2.24) is 9.55 Å². The minimum Gasteiger partial charge on any atom is -0.455 e. The summed E-state index contributed by atoms with van der Waals surface area (Å²) in [7, 11) is 1.92. The van der Waals surface area contributed by atoms with E-state index in [1.54, 1.807) is 42.6 Å². The molecular formula is C19H15N3O4S. The van der Waals surface area contributed by atoms with E-state index in [1.165, 1.54) is 17.8 Å². The minimum absolute atomic E-state index is 0.227. The van der Waals surface area contributed by atoms with E-state index in [1.807, 2.05) is 17.8 Å². The van der Waals surface area contributed by atoms with E-state index in [2.05, 4.69) is 10.3 Å². The van der Waals surface area contributed by atoms with E-state index < -0.39 is 5.63 Å². The smallest absolute Gasteiger partial charge is 0.336 e. The molecule has 0 atom stereocenters. The minimum atomic E-state index is -0.411. The number of anilines is 1. The lowest BCUT2D eigenvalue weighted by Gasteiger charge is -2.04. The number of imidazole rings is 1. The maximum atomic E-state index is 12.4. The molecule has 136 valence electrons. The number of furan rings is 1. The number of nitrogens with one attached hydrogen (secondary N) is 1. The van der Waals surface area contributed by atoms with Gasteiger partial charge in [0.25, 0.3) is 5.91 Å². The lowest BCUT2D eigenvalue weighted by molar-refractivity contribution is 0.0995. The summed E-state index contributed by atoms with van der Waals surface area (Å²) in [6, 6.07) is 11.5. The largest absolute Gasteiger partial charge is 0.455 e. The molecular weight excluding hydrogens is 366 g/mol. The maximum Gasteiger partial charge on any atom is 0.336 e. The number of nitrogens with zero attached hydrogens (tertiary/aromatic N) is 2. The first-order valence-corrected chi connectivity index (χ1v) is 9.11. The predicted octanol–water partition coefficient (Wildman–Crippen LogP) is 3.66. The second-order valence-corrected chi connectivity index (χ2v) is 6.78. The number of rotatable bonds is 5. The third-order valence-electron chi connectivity index (χ3n) is 3.88. The lowest BCUT2D eigenvalue weighted by Crippen LogP contribution is -2.10. The highest BCUT2D eigenvalue weighted by Crippen LogP contribution is 2.23. The molecule has 0 unspecified atom stereocenters. The molecule has 7 nitrogen and oxygen atoms in total. The number of carbonyl (C=O) groups excluding carboxylic acids is 1. The summed E-state index contributed by atoms with van der Waals surface area (Å²) in [5.74, 6) is 1.14. The van der Waals surface area contributed by atoms with Crippen LogP contribution >= 0.6 is 11.8 Å². The van der Waals surface area contributed by atoms with Gasteiger partial charge in [0.1, 0.15) is 11.3 Å². The highest BCUT2D eigenvalue weighted by molar-refractivity contribution is 7.98. The van der Waals surface area contributed by atoms with Crippen molar-refractivity contribution in [2.45, 2.75) is 10.9 Å². The Bertz CT molecular complexity index is 1170. The van der Waals surface area contributed by atoms with Crippen LogP contribution in [0.4, 0.5) is 5.69 Å². The van der Waals surface area contributed by atoms with Crippen LogP contribution < -0.4 is 10.9 Å². The molecule has 0 aliphatic heterocycles. The summed E-state index contributed by atoms with van der Waals surface area (Å²) in [4.78, 5) is 27.9. The van der Waals surface area contributed by atoms with E-state index in [4.69, 9.17) is 8.83 Å². The number of aromatic nitrogens is 2. The Hall–Kier alpha value is -3.26. The van der Waals surface area contributed by atoms with Gasteiger partial charge in [-0.25, -0.2) is 9.78 Å². The maximum absolute atomic E-state index is 12.4. The van der Waals surface area contributed by atoms with Gasteiger partial charge in [-0.1, -0.05) is 11.8 Å². The molecule has 4 aromatic rings. The summed E-state index contributed by atoms with van der Waals surface area (Å²) in [6.45, 7) is 0. The third-order valence-corrected chi connectivity index (χ3v) is 4.96. The zero-order chi connectivity index (χ0) is 18.8. The molecule has 27 heavy (non-hydrogen) atoms. The first-order chi connectivity index (χ1) is 13.1. The predicted molar refractivity (Wildman–Crippen MR) is 102 cm³/mol. The second kappa shape index (κ2) is 7.16. The van der Waals surface area contributed by atoms with Gasteiger partial charge in [-0.2, -0.15) is 0 Å². The number of amides is 1. The van der Waals surface area contributed by atoms with Gasteiger partial charge in [-0.3, -0.25) is 4.79 Å². The third kappa shape index (κ3) is 3.80. The molecule has 8 heteroatoms. The summed E-state index contributed by atoms with van der Waals surface area (Å²) < 4.78 is 12.6. The molecule has 0 aliphatic rings. The lowest BCUT2D eigenvalue weighted by atomic mass is 10.2. The number of benzene rings is 1. The van der Waals surface area contributed by atoms with Crippen molar-refractivity contribution >= 4 is 34.3 Å². The molecule has 0 radical (unpaired) electrons. The fraction of sp³-hybridized carbons (Fsp3) is 0.105. The van der Waals surface area contributed by atoms with Crippen LogP contribution in [0.3, 0.4) is 0 Å². The van der Waals surface area contributed by atoms with Crippen molar-refractivity contribution in [3.05, 3.63) is 76.8 Å². The Morgan fingerprint density at radius 2 is 2.07 bits per heavy atom. The average Bonchev–Trinajstić information content (AvgIpc) is 3.29. The van der Waals surface area contributed by atoms with Crippen molar-refractivity contribution in [2.75, 3.05) is 5.32 Å². The number of fused-ring (bicyclic) bond motifs is 1. The zero-order valence-electron chi connectivity index (χ0n) is 14.3. The van der Waals surface area contributed by atoms with Crippen LogP contribution in [0.25, 0.3) is 11.0 Å². The van der Waals surface area contributed by atoms with E-state index >= 15 is 0 Å². The van der Waals surface area contributed by atoms with Crippen molar-refractivity contribution in [3.63, 3.8) is 0 Å². The highest BCUT2D eigenvalue weighted by atomic mass is 32.2. The number of carbonyl (C=O) groups is 1. The van der Waals surface area contributed by atoms with Crippen LogP contribution in [-0.2, 0) is 12.8 Å². The molecule has 0 saturated carbocycles. The van der Waals surface area contributed by atoms with E-state index in [-0.39, 0.29) is 11.7 Å². The van der Waals surface area contributed by atoms with Crippen LogP contribution in [0.1, 0.15) is 16.3 Å². The van der Waals surface area contributed by atoms with Gasteiger partial charge in [0.2, 0.25) is 0 Å². The van der Waals surface area contributed by atoms with Crippen molar-refractivity contribution in [3.8, 4) is 0 Å². The van der Waals surface area contributed by atoms with Crippen LogP contribution in [0.2, 0.25) is 0 Å².